The molecule has 0 radical (unpaired) electrons. The van der Waals surface area contributed by atoms with E-state index in [-0.39, 0.29) is 47.8 Å². The molecule has 2 aromatic rings. The van der Waals surface area contributed by atoms with Crippen molar-refractivity contribution in [3.05, 3.63) is 53.6 Å². The van der Waals surface area contributed by atoms with Gasteiger partial charge in [0.05, 0.1) is 19.1 Å². The summed E-state index contributed by atoms with van der Waals surface area (Å²) in [6.45, 7) is 0.174. The van der Waals surface area contributed by atoms with E-state index in [4.69, 9.17) is 4.74 Å². The van der Waals surface area contributed by atoms with E-state index in [9.17, 15) is 22.0 Å². The fourth-order valence-electron chi connectivity index (χ4n) is 5.12. The molecule has 3 aliphatic rings. The molecule has 2 atom stereocenters. The van der Waals surface area contributed by atoms with Crippen molar-refractivity contribution in [3.63, 3.8) is 0 Å². The van der Waals surface area contributed by atoms with Gasteiger partial charge >= 0.3 is 0 Å². The number of sulfonamides is 1. The molecule has 1 saturated heterocycles. The molecule has 1 spiro atoms. The number of halogens is 3. The number of nitrogens with zero attached hydrogens (tertiary/aromatic N) is 1. The molecule has 176 valence electrons. The molecule has 1 saturated carbocycles. The van der Waals surface area contributed by atoms with Crippen molar-refractivity contribution in [2.24, 2.45) is 5.41 Å². The van der Waals surface area contributed by atoms with Crippen LogP contribution in [0.4, 0.5) is 13.2 Å². The van der Waals surface area contributed by atoms with Crippen molar-refractivity contribution < 1.29 is 31.1 Å². The molecular weight excluding hydrogens is 457 g/mol. The number of para-hydroxylation sites is 1. The van der Waals surface area contributed by atoms with E-state index in [1.54, 1.807) is 23.1 Å². The van der Waals surface area contributed by atoms with E-state index in [0.717, 1.165) is 0 Å². The summed E-state index contributed by atoms with van der Waals surface area (Å²) in [4.78, 5) is 14.7. The van der Waals surface area contributed by atoms with Crippen LogP contribution in [0.2, 0.25) is 0 Å². The number of benzene rings is 2. The molecule has 10 heteroatoms. The average Bonchev–Trinajstić information content (AvgIpc) is 3.51. The maximum Gasteiger partial charge on any atom is 0.241 e. The van der Waals surface area contributed by atoms with Gasteiger partial charge in [-0.3, -0.25) is 4.79 Å². The predicted octanol–water partition coefficient (Wildman–Crippen LogP) is 3.16. The van der Waals surface area contributed by atoms with E-state index in [1.165, 1.54) is 18.2 Å². The number of ether oxygens (including phenoxy) is 1. The number of amides is 1. The average molecular weight is 481 g/mol. The highest BCUT2D eigenvalue weighted by molar-refractivity contribution is 7.89. The predicted molar refractivity (Wildman–Crippen MR) is 115 cm³/mol. The largest absolute Gasteiger partial charge is 0.489 e. The van der Waals surface area contributed by atoms with Gasteiger partial charge in [-0.1, -0.05) is 30.3 Å². The number of nitrogens with one attached hydrogen (secondary N) is 1. The van der Waals surface area contributed by atoms with Crippen LogP contribution in [-0.2, 0) is 21.2 Å². The molecule has 0 aromatic heterocycles. The third-order valence-electron chi connectivity index (χ3n) is 6.92. The van der Waals surface area contributed by atoms with Crippen LogP contribution < -0.4 is 9.46 Å². The van der Waals surface area contributed by atoms with E-state index in [0.29, 0.717) is 19.4 Å². The summed E-state index contributed by atoms with van der Waals surface area (Å²) in [5.74, 6) is -1.67. The second-order valence-corrected chi connectivity index (χ2v) is 10.7. The fraction of sp³-hybridized carbons (Fsp3) is 0.435. The summed E-state index contributed by atoms with van der Waals surface area (Å²) < 4.78 is 75.6. The first-order chi connectivity index (χ1) is 15.7. The lowest BCUT2D eigenvalue weighted by Gasteiger charge is -2.30. The minimum atomic E-state index is -4.19. The van der Waals surface area contributed by atoms with E-state index in [2.05, 4.69) is 4.72 Å². The zero-order valence-electron chi connectivity index (χ0n) is 17.7. The lowest BCUT2D eigenvalue weighted by atomic mass is 9.91. The van der Waals surface area contributed by atoms with Crippen molar-refractivity contribution in [1.82, 2.24) is 9.62 Å². The Morgan fingerprint density at radius 3 is 2.58 bits per heavy atom. The van der Waals surface area contributed by atoms with Gasteiger partial charge in [0.15, 0.2) is 11.6 Å². The van der Waals surface area contributed by atoms with Crippen LogP contribution in [0.25, 0.3) is 11.1 Å². The van der Waals surface area contributed by atoms with Crippen LogP contribution in [-0.4, -0.2) is 50.5 Å². The van der Waals surface area contributed by atoms with Crippen molar-refractivity contribution in [2.45, 2.75) is 37.8 Å². The number of alkyl halides is 1. The molecule has 2 aromatic carbocycles. The summed E-state index contributed by atoms with van der Waals surface area (Å²) >= 11 is 0. The summed E-state index contributed by atoms with van der Waals surface area (Å²) in [7, 11) is -4.19. The smallest absolute Gasteiger partial charge is 0.241 e. The molecule has 33 heavy (non-hydrogen) atoms. The van der Waals surface area contributed by atoms with Gasteiger partial charge in [-0.15, -0.1) is 0 Å². The van der Waals surface area contributed by atoms with Crippen LogP contribution in [0.5, 0.6) is 5.75 Å². The minimum absolute atomic E-state index is 0.0398. The molecule has 6 nitrogen and oxygen atoms in total. The Bertz CT molecular complexity index is 1220. The molecule has 1 aliphatic carbocycles. The molecular formula is C23H23F3N2O4S. The summed E-state index contributed by atoms with van der Waals surface area (Å²) in [5.41, 5.74) is 0.153. The van der Waals surface area contributed by atoms with Gasteiger partial charge in [0, 0.05) is 29.1 Å². The van der Waals surface area contributed by atoms with Crippen LogP contribution >= 0.6 is 0 Å². The Labute approximate surface area is 189 Å². The second kappa shape index (κ2) is 8.02. The third kappa shape index (κ3) is 3.89. The number of fused-ring (bicyclic) bond motifs is 5. The SMILES string of the molecule is O=C1CCOc2c(F)cccc2-c2cccc(c2F)C[C@H]2[C@@H](NS(=O)(=O)CF)C3(CC3)CN12. The first kappa shape index (κ1) is 22.2. The summed E-state index contributed by atoms with van der Waals surface area (Å²) in [6.07, 6.45) is 1.35. The summed E-state index contributed by atoms with van der Waals surface area (Å²) in [5, 5.41) is 0. The quantitative estimate of drug-likeness (QED) is 0.733. The standard InChI is InChI=1S/C23H23F3N2O4S/c24-13-33(30,31)27-22-18-11-14-3-1-4-15(20(14)26)16-5-2-6-17(25)21(16)32-10-7-19(29)28(18)12-23(22)8-9-23/h1-6,18,22,27H,7-13H2/t18-,22+/m0/s1. The van der Waals surface area contributed by atoms with Crippen molar-refractivity contribution in [1.29, 1.82) is 0 Å². The minimum Gasteiger partial charge on any atom is -0.489 e. The Balaban J connectivity index is 1.61. The number of rotatable bonds is 3. The highest BCUT2D eigenvalue weighted by Crippen LogP contribution is 2.55. The number of hydrogen-bond donors (Lipinski definition) is 1. The zero-order valence-corrected chi connectivity index (χ0v) is 18.5. The Morgan fingerprint density at radius 2 is 1.85 bits per heavy atom. The first-order valence-electron chi connectivity index (χ1n) is 10.8. The van der Waals surface area contributed by atoms with E-state index in [1.807, 2.05) is 0 Å². The van der Waals surface area contributed by atoms with Crippen LogP contribution in [0, 0.1) is 17.0 Å². The number of carbonyl (C=O) groups is 1. The molecule has 2 heterocycles. The van der Waals surface area contributed by atoms with Gasteiger partial charge < -0.3 is 9.64 Å². The monoisotopic (exact) mass is 480 g/mol. The number of hydrogen-bond acceptors (Lipinski definition) is 4. The molecule has 2 aliphatic heterocycles. The molecule has 1 amide bonds. The van der Waals surface area contributed by atoms with Gasteiger partial charge in [-0.05, 0) is 30.9 Å². The highest BCUT2D eigenvalue weighted by Gasteiger charge is 2.61. The van der Waals surface area contributed by atoms with Crippen LogP contribution in [0.1, 0.15) is 24.8 Å². The maximum absolute atomic E-state index is 15.7. The number of carbonyl (C=O) groups excluding carboxylic acids is 1. The van der Waals surface area contributed by atoms with Crippen LogP contribution in [0.15, 0.2) is 36.4 Å². The highest BCUT2D eigenvalue weighted by atomic mass is 32.2. The van der Waals surface area contributed by atoms with Gasteiger partial charge in [-0.25, -0.2) is 26.3 Å². The molecule has 2 fully saturated rings. The van der Waals surface area contributed by atoms with Gasteiger partial charge in [-0.2, -0.15) is 0 Å². The summed E-state index contributed by atoms with van der Waals surface area (Å²) in [6, 6.07) is 5.95. The first-order valence-corrected chi connectivity index (χ1v) is 12.4. The Hall–Kier alpha value is -2.59. The molecule has 2 bridgehead atoms. The van der Waals surface area contributed by atoms with Crippen molar-refractivity contribution in [3.8, 4) is 16.9 Å². The van der Waals surface area contributed by atoms with Gasteiger partial charge in [0.2, 0.25) is 21.9 Å². The van der Waals surface area contributed by atoms with Crippen LogP contribution in [0.3, 0.4) is 0 Å². The lowest BCUT2D eigenvalue weighted by molar-refractivity contribution is -0.132. The van der Waals surface area contributed by atoms with Gasteiger partial charge in [0.1, 0.15) is 5.82 Å². The topological polar surface area (TPSA) is 75.7 Å². The van der Waals surface area contributed by atoms with Crippen molar-refractivity contribution >= 4 is 15.9 Å². The van der Waals surface area contributed by atoms with Crippen molar-refractivity contribution in [2.75, 3.05) is 19.2 Å². The maximum atomic E-state index is 15.7. The molecule has 5 rings (SSSR count). The molecule has 1 N–H and O–H groups in total. The van der Waals surface area contributed by atoms with E-state index < -0.39 is 45.2 Å². The third-order valence-corrected chi connectivity index (χ3v) is 7.82. The fourth-order valence-corrected chi connectivity index (χ4v) is 5.98. The van der Waals surface area contributed by atoms with Gasteiger partial charge in [0.25, 0.3) is 0 Å². The Morgan fingerprint density at radius 1 is 1.12 bits per heavy atom. The Kier molecular flexibility index (Phi) is 5.40. The normalized spacial score (nSPS) is 23.8. The zero-order chi connectivity index (χ0) is 23.4. The lowest BCUT2D eigenvalue weighted by Crippen LogP contribution is -2.50. The molecule has 0 unspecified atom stereocenters. The second-order valence-electron chi connectivity index (χ2n) is 8.97. The van der Waals surface area contributed by atoms with E-state index >= 15 is 4.39 Å².